The van der Waals surface area contributed by atoms with E-state index in [4.69, 9.17) is 11.5 Å². The van der Waals surface area contributed by atoms with Gasteiger partial charge in [-0.2, -0.15) is 0 Å². The predicted molar refractivity (Wildman–Crippen MR) is 57.4 cm³/mol. The van der Waals surface area contributed by atoms with Crippen molar-refractivity contribution in [2.45, 2.75) is 32.7 Å². The maximum absolute atomic E-state index is 6.02. The Balaban J connectivity index is 2.88. The molecule has 1 atom stereocenters. The summed E-state index contributed by atoms with van der Waals surface area (Å²) >= 11 is 0. The number of anilines is 1. The summed E-state index contributed by atoms with van der Waals surface area (Å²) < 4.78 is 0. The van der Waals surface area contributed by atoms with E-state index in [-0.39, 0.29) is 6.04 Å². The summed E-state index contributed by atoms with van der Waals surface area (Å²) in [7, 11) is 0. The van der Waals surface area contributed by atoms with Crippen molar-refractivity contribution < 1.29 is 0 Å². The Hall–Kier alpha value is -1.02. The van der Waals surface area contributed by atoms with Gasteiger partial charge in [-0.3, -0.25) is 0 Å². The lowest BCUT2D eigenvalue weighted by Gasteiger charge is -2.13. The molecule has 4 N–H and O–H groups in total. The minimum Gasteiger partial charge on any atom is -0.399 e. The third-order valence-electron chi connectivity index (χ3n) is 2.29. The van der Waals surface area contributed by atoms with Gasteiger partial charge in [0.25, 0.3) is 0 Å². The van der Waals surface area contributed by atoms with Crippen LogP contribution in [-0.4, -0.2) is 0 Å². The van der Waals surface area contributed by atoms with E-state index in [1.807, 2.05) is 18.2 Å². The second kappa shape index (κ2) is 4.28. The molecule has 0 saturated heterocycles. The van der Waals surface area contributed by atoms with E-state index < -0.39 is 0 Å². The smallest absolute Gasteiger partial charge is 0.0316 e. The highest BCUT2D eigenvalue weighted by atomic mass is 14.6. The van der Waals surface area contributed by atoms with Crippen LogP contribution < -0.4 is 11.5 Å². The Labute approximate surface area is 79.9 Å². The predicted octanol–water partition coefficient (Wildman–Crippen LogP) is 2.38. The van der Waals surface area contributed by atoms with Gasteiger partial charge in [-0.15, -0.1) is 0 Å². The largest absolute Gasteiger partial charge is 0.399 e. The van der Waals surface area contributed by atoms with Crippen LogP contribution in [0.15, 0.2) is 18.2 Å². The first-order chi connectivity index (χ1) is 6.15. The number of hydrogen-bond acceptors (Lipinski definition) is 2. The van der Waals surface area contributed by atoms with E-state index in [2.05, 4.69) is 13.8 Å². The normalized spacial score (nSPS) is 12.8. The van der Waals surface area contributed by atoms with Crippen molar-refractivity contribution in [3.05, 3.63) is 29.3 Å². The van der Waals surface area contributed by atoms with Crippen molar-refractivity contribution in [3.63, 3.8) is 0 Å². The van der Waals surface area contributed by atoms with Crippen LogP contribution in [0.3, 0.4) is 0 Å². The molecule has 13 heavy (non-hydrogen) atoms. The van der Waals surface area contributed by atoms with Crippen LogP contribution in [0, 0.1) is 6.92 Å². The van der Waals surface area contributed by atoms with Gasteiger partial charge in [0.2, 0.25) is 0 Å². The Morgan fingerprint density at radius 2 is 2.08 bits per heavy atom. The van der Waals surface area contributed by atoms with E-state index in [0.717, 1.165) is 18.5 Å². The molecule has 72 valence electrons. The Bertz CT molecular complexity index is 281. The number of hydrogen-bond donors (Lipinski definition) is 2. The van der Waals surface area contributed by atoms with Crippen molar-refractivity contribution >= 4 is 5.69 Å². The molecular formula is C11H18N2. The lowest BCUT2D eigenvalue weighted by molar-refractivity contribution is 0.635. The average Bonchev–Trinajstić information content (AvgIpc) is 2.04. The van der Waals surface area contributed by atoms with Crippen molar-refractivity contribution in [1.82, 2.24) is 0 Å². The van der Waals surface area contributed by atoms with Crippen LogP contribution in [0.1, 0.15) is 36.9 Å². The second-order valence-corrected chi connectivity index (χ2v) is 3.51. The first kappa shape index (κ1) is 10.1. The van der Waals surface area contributed by atoms with Gasteiger partial charge in [0.15, 0.2) is 0 Å². The van der Waals surface area contributed by atoms with Gasteiger partial charge in [-0.25, -0.2) is 0 Å². The molecule has 0 aliphatic rings. The number of rotatable bonds is 3. The summed E-state index contributed by atoms with van der Waals surface area (Å²) in [4.78, 5) is 0. The van der Waals surface area contributed by atoms with Crippen molar-refractivity contribution in [3.8, 4) is 0 Å². The zero-order valence-corrected chi connectivity index (χ0v) is 8.38. The van der Waals surface area contributed by atoms with E-state index in [1.165, 1.54) is 11.1 Å². The fourth-order valence-electron chi connectivity index (χ4n) is 1.58. The molecule has 0 heterocycles. The standard InChI is InChI=1S/C11H18N2/c1-3-4-11(13)10-6-5-9(12)7-8(10)2/h5-7,11H,3-4,12-13H2,1-2H3/t11-/m1/s1. The van der Waals surface area contributed by atoms with Gasteiger partial charge >= 0.3 is 0 Å². The molecule has 0 spiro atoms. The Morgan fingerprint density at radius 3 is 2.62 bits per heavy atom. The van der Waals surface area contributed by atoms with Gasteiger partial charge in [-0.1, -0.05) is 19.4 Å². The summed E-state index contributed by atoms with van der Waals surface area (Å²) in [6.45, 7) is 4.20. The molecule has 0 fully saturated rings. The molecule has 0 aromatic heterocycles. The molecule has 2 heteroatoms. The van der Waals surface area contributed by atoms with E-state index >= 15 is 0 Å². The molecular weight excluding hydrogens is 160 g/mol. The van der Waals surface area contributed by atoms with E-state index in [1.54, 1.807) is 0 Å². The molecule has 0 saturated carbocycles. The fourth-order valence-corrected chi connectivity index (χ4v) is 1.58. The maximum atomic E-state index is 6.02. The lowest BCUT2D eigenvalue weighted by atomic mass is 9.98. The highest BCUT2D eigenvalue weighted by Crippen LogP contribution is 2.21. The second-order valence-electron chi connectivity index (χ2n) is 3.51. The van der Waals surface area contributed by atoms with Gasteiger partial charge in [0.1, 0.15) is 0 Å². The fraction of sp³-hybridized carbons (Fsp3) is 0.455. The Kier molecular flexibility index (Phi) is 3.32. The number of nitrogens with two attached hydrogens (primary N) is 2. The quantitative estimate of drug-likeness (QED) is 0.698. The summed E-state index contributed by atoms with van der Waals surface area (Å²) in [5.74, 6) is 0. The molecule has 0 radical (unpaired) electrons. The lowest BCUT2D eigenvalue weighted by Crippen LogP contribution is -2.11. The summed E-state index contributed by atoms with van der Waals surface area (Å²) in [5, 5.41) is 0. The SMILES string of the molecule is CCC[C@@H](N)c1ccc(N)cc1C. The van der Waals surface area contributed by atoms with Crippen LogP contribution >= 0.6 is 0 Å². The molecule has 0 unspecified atom stereocenters. The number of benzene rings is 1. The monoisotopic (exact) mass is 178 g/mol. The third kappa shape index (κ3) is 2.46. The molecule has 1 aromatic rings. The van der Waals surface area contributed by atoms with Crippen LogP contribution in [0.5, 0.6) is 0 Å². The van der Waals surface area contributed by atoms with Gasteiger partial charge in [0, 0.05) is 11.7 Å². The van der Waals surface area contributed by atoms with Crippen molar-refractivity contribution in [2.24, 2.45) is 5.73 Å². The van der Waals surface area contributed by atoms with E-state index in [9.17, 15) is 0 Å². The van der Waals surface area contributed by atoms with Crippen LogP contribution in [-0.2, 0) is 0 Å². The highest BCUT2D eigenvalue weighted by molar-refractivity contribution is 5.45. The topological polar surface area (TPSA) is 52.0 Å². The average molecular weight is 178 g/mol. The first-order valence-electron chi connectivity index (χ1n) is 4.76. The molecule has 2 nitrogen and oxygen atoms in total. The number of nitrogen functional groups attached to an aromatic ring is 1. The van der Waals surface area contributed by atoms with Crippen LogP contribution in [0.4, 0.5) is 5.69 Å². The Morgan fingerprint density at radius 1 is 1.38 bits per heavy atom. The summed E-state index contributed by atoms with van der Waals surface area (Å²) in [5.41, 5.74) is 14.9. The number of aryl methyl sites for hydroxylation is 1. The molecule has 1 rings (SSSR count). The highest BCUT2D eigenvalue weighted by Gasteiger charge is 2.07. The van der Waals surface area contributed by atoms with Crippen molar-refractivity contribution in [2.75, 3.05) is 5.73 Å². The molecule has 0 aliphatic carbocycles. The van der Waals surface area contributed by atoms with E-state index in [0.29, 0.717) is 0 Å². The van der Waals surface area contributed by atoms with Crippen LogP contribution in [0.25, 0.3) is 0 Å². The van der Waals surface area contributed by atoms with Gasteiger partial charge in [-0.05, 0) is 36.6 Å². The molecule has 1 aromatic carbocycles. The molecule has 0 aliphatic heterocycles. The maximum Gasteiger partial charge on any atom is 0.0316 e. The first-order valence-corrected chi connectivity index (χ1v) is 4.76. The van der Waals surface area contributed by atoms with Gasteiger partial charge in [0.05, 0.1) is 0 Å². The third-order valence-corrected chi connectivity index (χ3v) is 2.29. The minimum absolute atomic E-state index is 0.158. The molecule has 0 bridgehead atoms. The minimum atomic E-state index is 0.158. The van der Waals surface area contributed by atoms with Crippen molar-refractivity contribution in [1.29, 1.82) is 0 Å². The summed E-state index contributed by atoms with van der Waals surface area (Å²) in [6, 6.07) is 6.08. The summed E-state index contributed by atoms with van der Waals surface area (Å²) in [6.07, 6.45) is 2.15. The zero-order chi connectivity index (χ0) is 9.84. The van der Waals surface area contributed by atoms with Gasteiger partial charge < -0.3 is 11.5 Å². The zero-order valence-electron chi connectivity index (χ0n) is 8.38. The molecule has 0 amide bonds. The van der Waals surface area contributed by atoms with Crippen LogP contribution in [0.2, 0.25) is 0 Å².